The lowest BCUT2D eigenvalue weighted by Crippen LogP contribution is -2.44. The number of hydrogen-bond donors (Lipinski definition) is 0. The predicted molar refractivity (Wildman–Crippen MR) is 54.3 cm³/mol. The summed E-state index contributed by atoms with van der Waals surface area (Å²) in [5.74, 6) is 2.24. The van der Waals surface area contributed by atoms with Crippen LogP contribution in [0.3, 0.4) is 0 Å². The Morgan fingerprint density at radius 1 is 1.31 bits per heavy atom. The molecule has 2 aliphatic carbocycles. The Morgan fingerprint density at radius 2 is 2.00 bits per heavy atom. The number of carbonyl (C=O) groups is 1. The fraction of sp³-hybridized carbons (Fsp3) is 0.900. The van der Waals surface area contributed by atoms with Crippen LogP contribution in [0.4, 0.5) is 0 Å². The Kier molecular flexibility index (Phi) is 2.59. The quantitative estimate of drug-likeness (QED) is 0.655. The molecule has 0 aromatic heterocycles. The van der Waals surface area contributed by atoms with E-state index in [1.54, 1.807) is 0 Å². The lowest BCUT2D eigenvalue weighted by Gasteiger charge is -2.37. The SMILES string of the molecule is O=C1CC2CCC(C2)C1(CCl)CCl. The predicted octanol–water partition coefficient (Wildman–Crippen LogP) is 2.84. The van der Waals surface area contributed by atoms with Gasteiger partial charge in [0.25, 0.3) is 0 Å². The number of rotatable bonds is 2. The first-order chi connectivity index (χ1) is 6.23. The highest BCUT2D eigenvalue weighted by Gasteiger charge is 2.51. The van der Waals surface area contributed by atoms with Crippen LogP contribution in [0.5, 0.6) is 0 Å². The van der Waals surface area contributed by atoms with Gasteiger partial charge in [-0.15, -0.1) is 23.2 Å². The zero-order valence-electron chi connectivity index (χ0n) is 7.56. The maximum atomic E-state index is 11.9. The second kappa shape index (κ2) is 3.43. The molecular weight excluding hydrogens is 207 g/mol. The standard InChI is InChI=1S/C10H14Cl2O/c11-5-10(6-12)8-2-1-7(3-8)4-9(10)13/h7-8H,1-6H2. The maximum Gasteiger partial charge on any atom is 0.141 e. The molecule has 2 fully saturated rings. The molecule has 0 spiro atoms. The molecule has 2 unspecified atom stereocenters. The van der Waals surface area contributed by atoms with Gasteiger partial charge in [-0.3, -0.25) is 4.79 Å². The van der Waals surface area contributed by atoms with Crippen LogP contribution in [-0.4, -0.2) is 17.5 Å². The van der Waals surface area contributed by atoms with Crippen LogP contribution in [0.1, 0.15) is 25.7 Å². The van der Waals surface area contributed by atoms with Crippen molar-refractivity contribution in [2.24, 2.45) is 17.3 Å². The summed E-state index contributed by atoms with van der Waals surface area (Å²) in [7, 11) is 0. The Hall–Kier alpha value is 0.250. The molecule has 0 aromatic rings. The topological polar surface area (TPSA) is 17.1 Å². The van der Waals surface area contributed by atoms with Crippen LogP contribution >= 0.6 is 23.2 Å². The van der Waals surface area contributed by atoms with Gasteiger partial charge >= 0.3 is 0 Å². The van der Waals surface area contributed by atoms with E-state index in [0.29, 0.717) is 29.4 Å². The third-order valence-corrected chi connectivity index (χ3v) is 4.78. The summed E-state index contributed by atoms with van der Waals surface area (Å²) in [6.07, 6.45) is 4.24. The number of ketones is 1. The fourth-order valence-corrected chi connectivity index (χ4v) is 3.88. The van der Waals surface area contributed by atoms with E-state index in [0.717, 1.165) is 12.8 Å². The first-order valence-corrected chi connectivity index (χ1v) is 5.95. The van der Waals surface area contributed by atoms with Crippen LogP contribution < -0.4 is 0 Å². The molecule has 2 atom stereocenters. The molecule has 2 bridgehead atoms. The van der Waals surface area contributed by atoms with Crippen LogP contribution in [0.25, 0.3) is 0 Å². The zero-order valence-corrected chi connectivity index (χ0v) is 9.07. The maximum absolute atomic E-state index is 11.9. The third kappa shape index (κ3) is 1.32. The molecule has 2 aliphatic rings. The number of alkyl halides is 2. The van der Waals surface area contributed by atoms with Gasteiger partial charge in [0.05, 0.1) is 5.41 Å². The van der Waals surface area contributed by atoms with Crippen LogP contribution in [0.15, 0.2) is 0 Å². The summed E-state index contributed by atoms with van der Waals surface area (Å²) in [4.78, 5) is 11.9. The van der Waals surface area contributed by atoms with Gasteiger partial charge in [0, 0.05) is 18.2 Å². The number of carbonyl (C=O) groups excluding carboxylic acids is 1. The lowest BCUT2D eigenvalue weighted by atomic mass is 9.68. The Balaban J connectivity index is 2.28. The fourth-order valence-electron chi connectivity index (χ4n) is 2.86. The second-order valence-electron chi connectivity index (χ2n) is 4.43. The second-order valence-corrected chi connectivity index (χ2v) is 4.96. The van der Waals surface area contributed by atoms with Crippen LogP contribution in [-0.2, 0) is 4.79 Å². The number of fused-ring (bicyclic) bond motifs is 2. The average molecular weight is 221 g/mol. The van der Waals surface area contributed by atoms with Crippen molar-refractivity contribution in [2.75, 3.05) is 11.8 Å². The molecular formula is C10H14Cl2O. The van der Waals surface area contributed by atoms with Gasteiger partial charge in [0.2, 0.25) is 0 Å². The molecule has 0 saturated heterocycles. The normalized spacial score (nSPS) is 36.6. The van der Waals surface area contributed by atoms with Gasteiger partial charge in [0.1, 0.15) is 5.78 Å². The Bertz CT molecular complexity index is 223. The molecule has 0 aliphatic heterocycles. The van der Waals surface area contributed by atoms with E-state index in [9.17, 15) is 4.79 Å². The summed E-state index contributed by atoms with van der Waals surface area (Å²) >= 11 is 11.8. The van der Waals surface area contributed by atoms with Crippen molar-refractivity contribution in [3.05, 3.63) is 0 Å². The van der Waals surface area contributed by atoms with Crippen molar-refractivity contribution in [1.29, 1.82) is 0 Å². The zero-order chi connectivity index (χ0) is 9.47. The summed E-state index contributed by atoms with van der Waals surface area (Å²) in [6, 6.07) is 0. The minimum atomic E-state index is -0.379. The molecule has 0 aromatic carbocycles. The summed E-state index contributed by atoms with van der Waals surface area (Å²) in [5.41, 5.74) is -0.379. The monoisotopic (exact) mass is 220 g/mol. The van der Waals surface area contributed by atoms with Gasteiger partial charge in [-0.2, -0.15) is 0 Å². The van der Waals surface area contributed by atoms with Gasteiger partial charge in [-0.05, 0) is 31.1 Å². The first kappa shape index (κ1) is 9.79. The van der Waals surface area contributed by atoms with Gasteiger partial charge in [-0.25, -0.2) is 0 Å². The van der Waals surface area contributed by atoms with Gasteiger partial charge < -0.3 is 0 Å². The number of halogens is 2. The molecule has 2 rings (SSSR count). The Labute approximate surface area is 88.8 Å². The molecule has 0 radical (unpaired) electrons. The van der Waals surface area contributed by atoms with Crippen molar-refractivity contribution in [2.45, 2.75) is 25.7 Å². The highest BCUT2D eigenvalue weighted by atomic mass is 35.5. The van der Waals surface area contributed by atoms with E-state index >= 15 is 0 Å². The first-order valence-electron chi connectivity index (χ1n) is 4.88. The molecule has 1 nitrogen and oxygen atoms in total. The van der Waals surface area contributed by atoms with Crippen LogP contribution in [0, 0.1) is 17.3 Å². The average Bonchev–Trinajstić information content (AvgIpc) is 2.53. The van der Waals surface area contributed by atoms with E-state index in [2.05, 4.69) is 0 Å². The summed E-state index contributed by atoms with van der Waals surface area (Å²) < 4.78 is 0. The molecule has 0 N–H and O–H groups in total. The number of Topliss-reactive ketones (excluding diaryl/α,β-unsaturated/α-hetero) is 1. The van der Waals surface area contributed by atoms with Crippen LogP contribution in [0.2, 0.25) is 0 Å². The van der Waals surface area contributed by atoms with Crippen molar-refractivity contribution in [1.82, 2.24) is 0 Å². The third-order valence-electron chi connectivity index (χ3n) is 3.83. The van der Waals surface area contributed by atoms with Crippen molar-refractivity contribution < 1.29 is 4.79 Å². The smallest absolute Gasteiger partial charge is 0.141 e. The summed E-state index contributed by atoms with van der Waals surface area (Å²) in [5, 5.41) is 0. The van der Waals surface area contributed by atoms with Crippen molar-refractivity contribution >= 4 is 29.0 Å². The van der Waals surface area contributed by atoms with E-state index in [1.807, 2.05) is 0 Å². The molecule has 0 amide bonds. The van der Waals surface area contributed by atoms with Gasteiger partial charge in [-0.1, -0.05) is 0 Å². The molecule has 3 heteroatoms. The van der Waals surface area contributed by atoms with E-state index < -0.39 is 0 Å². The van der Waals surface area contributed by atoms with Crippen molar-refractivity contribution in [3.63, 3.8) is 0 Å². The summed E-state index contributed by atoms with van der Waals surface area (Å²) in [6.45, 7) is 0. The lowest BCUT2D eigenvalue weighted by molar-refractivity contribution is -0.132. The molecule has 2 saturated carbocycles. The minimum Gasteiger partial charge on any atom is -0.299 e. The highest BCUT2D eigenvalue weighted by molar-refractivity contribution is 6.24. The van der Waals surface area contributed by atoms with E-state index in [-0.39, 0.29) is 5.41 Å². The van der Waals surface area contributed by atoms with E-state index in [1.165, 1.54) is 12.8 Å². The molecule has 13 heavy (non-hydrogen) atoms. The molecule has 0 heterocycles. The minimum absolute atomic E-state index is 0.316. The van der Waals surface area contributed by atoms with E-state index in [4.69, 9.17) is 23.2 Å². The van der Waals surface area contributed by atoms with Gasteiger partial charge in [0.15, 0.2) is 0 Å². The Morgan fingerprint density at radius 3 is 2.62 bits per heavy atom. The van der Waals surface area contributed by atoms with Crippen molar-refractivity contribution in [3.8, 4) is 0 Å². The highest BCUT2D eigenvalue weighted by Crippen LogP contribution is 2.51. The number of hydrogen-bond acceptors (Lipinski definition) is 1. The largest absolute Gasteiger partial charge is 0.299 e. The molecule has 74 valence electrons.